The molecule has 21 heavy (non-hydrogen) atoms. The van der Waals surface area contributed by atoms with Crippen LogP contribution in [0.2, 0.25) is 0 Å². The normalized spacial score (nSPS) is 26.4. The molecule has 0 saturated carbocycles. The highest BCUT2D eigenvalue weighted by Crippen LogP contribution is 2.32. The zero-order chi connectivity index (χ0) is 14.9. The molecule has 3 rings (SSSR count). The summed E-state index contributed by atoms with van der Waals surface area (Å²) in [4.78, 5) is 2.77. The minimum Gasteiger partial charge on any atom is -0.370 e. The predicted molar refractivity (Wildman–Crippen MR) is 85.5 cm³/mol. The van der Waals surface area contributed by atoms with E-state index in [2.05, 4.69) is 10.2 Å². The molecule has 1 aromatic carbocycles. The van der Waals surface area contributed by atoms with Gasteiger partial charge in [-0.05, 0) is 43.9 Å². The Balaban J connectivity index is 1.88. The van der Waals surface area contributed by atoms with E-state index in [4.69, 9.17) is 0 Å². The summed E-state index contributed by atoms with van der Waals surface area (Å²) in [5.41, 5.74) is 0.892. The van der Waals surface area contributed by atoms with Gasteiger partial charge in [0.15, 0.2) is 9.84 Å². The van der Waals surface area contributed by atoms with E-state index < -0.39 is 9.84 Å². The van der Waals surface area contributed by atoms with Crippen molar-refractivity contribution in [1.82, 2.24) is 5.32 Å². The SMILES string of the molecule is CCS(=O)(=O)c1ccccc1N1CCC2NCCCC2C1. The highest BCUT2D eigenvalue weighted by atomic mass is 32.2. The standard InChI is InChI=1S/C16H24N2O2S/c1-2-21(19,20)16-8-4-3-7-15(16)18-11-9-14-13(12-18)6-5-10-17-14/h3-4,7-8,13-14,17H,2,5-6,9-12H2,1H3. The van der Waals surface area contributed by atoms with E-state index in [9.17, 15) is 8.42 Å². The predicted octanol–water partition coefficient (Wildman–Crippen LogP) is 2.06. The van der Waals surface area contributed by atoms with Crippen LogP contribution in [0.25, 0.3) is 0 Å². The molecule has 0 aliphatic carbocycles. The van der Waals surface area contributed by atoms with Gasteiger partial charge in [-0.25, -0.2) is 8.42 Å². The lowest BCUT2D eigenvalue weighted by Crippen LogP contribution is -2.52. The van der Waals surface area contributed by atoms with Gasteiger partial charge in [-0.15, -0.1) is 0 Å². The number of nitrogens with zero attached hydrogens (tertiary/aromatic N) is 1. The van der Waals surface area contributed by atoms with Gasteiger partial charge in [0, 0.05) is 19.1 Å². The third kappa shape index (κ3) is 2.94. The third-order valence-corrected chi connectivity index (χ3v) is 6.59. The summed E-state index contributed by atoms with van der Waals surface area (Å²) >= 11 is 0. The number of piperidine rings is 2. The summed E-state index contributed by atoms with van der Waals surface area (Å²) in [6, 6.07) is 8.08. The van der Waals surface area contributed by atoms with E-state index >= 15 is 0 Å². The fraction of sp³-hybridized carbons (Fsp3) is 0.625. The number of sulfone groups is 1. The van der Waals surface area contributed by atoms with Crippen molar-refractivity contribution in [3.8, 4) is 0 Å². The number of para-hydroxylation sites is 1. The summed E-state index contributed by atoms with van der Waals surface area (Å²) < 4.78 is 24.6. The first-order chi connectivity index (χ1) is 10.1. The number of hydrogen-bond donors (Lipinski definition) is 1. The molecule has 0 radical (unpaired) electrons. The minimum atomic E-state index is -3.16. The summed E-state index contributed by atoms with van der Waals surface area (Å²) in [5.74, 6) is 0.802. The molecule has 0 amide bonds. The largest absolute Gasteiger partial charge is 0.370 e. The van der Waals surface area contributed by atoms with Gasteiger partial charge in [-0.3, -0.25) is 0 Å². The second kappa shape index (κ2) is 5.97. The molecule has 2 atom stereocenters. The van der Waals surface area contributed by atoms with Crippen molar-refractivity contribution in [3.05, 3.63) is 24.3 Å². The number of anilines is 1. The Morgan fingerprint density at radius 3 is 2.90 bits per heavy atom. The Morgan fingerprint density at radius 1 is 1.29 bits per heavy atom. The van der Waals surface area contributed by atoms with Gasteiger partial charge in [0.05, 0.1) is 16.3 Å². The highest BCUT2D eigenvalue weighted by molar-refractivity contribution is 7.91. The van der Waals surface area contributed by atoms with Crippen molar-refractivity contribution in [2.45, 2.75) is 37.1 Å². The van der Waals surface area contributed by atoms with Gasteiger partial charge in [-0.1, -0.05) is 19.1 Å². The zero-order valence-corrected chi connectivity index (χ0v) is 13.4. The lowest BCUT2D eigenvalue weighted by molar-refractivity contribution is 0.244. The Labute approximate surface area is 127 Å². The van der Waals surface area contributed by atoms with Gasteiger partial charge in [0.25, 0.3) is 0 Å². The Hall–Kier alpha value is -1.07. The summed E-state index contributed by atoms with van der Waals surface area (Å²) in [7, 11) is -3.16. The van der Waals surface area contributed by atoms with Crippen molar-refractivity contribution in [2.24, 2.45) is 5.92 Å². The monoisotopic (exact) mass is 308 g/mol. The fourth-order valence-electron chi connectivity index (χ4n) is 3.60. The highest BCUT2D eigenvalue weighted by Gasteiger charge is 2.32. The quantitative estimate of drug-likeness (QED) is 0.928. The molecule has 1 aromatic rings. The fourth-order valence-corrected chi connectivity index (χ4v) is 4.71. The van der Waals surface area contributed by atoms with E-state index in [1.54, 1.807) is 13.0 Å². The topological polar surface area (TPSA) is 49.4 Å². The van der Waals surface area contributed by atoms with E-state index in [0.717, 1.165) is 31.7 Å². The lowest BCUT2D eigenvalue weighted by atomic mass is 9.85. The maximum absolute atomic E-state index is 12.3. The van der Waals surface area contributed by atoms with Crippen LogP contribution in [0.3, 0.4) is 0 Å². The zero-order valence-electron chi connectivity index (χ0n) is 12.6. The minimum absolute atomic E-state index is 0.158. The van der Waals surface area contributed by atoms with Crippen molar-refractivity contribution in [1.29, 1.82) is 0 Å². The average molecular weight is 308 g/mol. The van der Waals surface area contributed by atoms with Crippen molar-refractivity contribution in [2.75, 3.05) is 30.3 Å². The molecule has 2 unspecified atom stereocenters. The molecular weight excluding hydrogens is 284 g/mol. The molecular formula is C16H24N2O2S. The van der Waals surface area contributed by atoms with Crippen LogP contribution in [0, 0.1) is 5.92 Å². The van der Waals surface area contributed by atoms with Gasteiger partial charge in [0.2, 0.25) is 0 Å². The van der Waals surface area contributed by atoms with Gasteiger partial charge >= 0.3 is 0 Å². The first-order valence-electron chi connectivity index (χ1n) is 7.92. The van der Waals surface area contributed by atoms with E-state index in [1.807, 2.05) is 18.2 Å². The van der Waals surface area contributed by atoms with Crippen LogP contribution in [0.15, 0.2) is 29.2 Å². The summed E-state index contributed by atoms with van der Waals surface area (Å²) in [6.45, 7) is 4.74. The smallest absolute Gasteiger partial charge is 0.180 e. The van der Waals surface area contributed by atoms with Gasteiger partial charge < -0.3 is 10.2 Å². The van der Waals surface area contributed by atoms with Gasteiger partial charge in [-0.2, -0.15) is 0 Å². The molecule has 0 bridgehead atoms. The second-order valence-corrected chi connectivity index (χ2v) is 8.32. The Morgan fingerprint density at radius 2 is 2.10 bits per heavy atom. The van der Waals surface area contributed by atoms with Crippen LogP contribution < -0.4 is 10.2 Å². The number of nitrogens with one attached hydrogen (secondary N) is 1. The number of fused-ring (bicyclic) bond motifs is 1. The van der Waals surface area contributed by atoms with Gasteiger partial charge in [0.1, 0.15) is 0 Å². The molecule has 2 aliphatic heterocycles. The molecule has 2 heterocycles. The molecule has 1 N–H and O–H groups in total. The van der Waals surface area contributed by atoms with Crippen molar-refractivity contribution >= 4 is 15.5 Å². The molecule has 2 fully saturated rings. The number of rotatable bonds is 3. The van der Waals surface area contributed by atoms with E-state index in [1.165, 1.54) is 12.8 Å². The number of hydrogen-bond acceptors (Lipinski definition) is 4. The maximum Gasteiger partial charge on any atom is 0.180 e. The Kier molecular flexibility index (Phi) is 4.22. The molecule has 4 nitrogen and oxygen atoms in total. The van der Waals surface area contributed by atoms with Crippen LogP contribution in [0.4, 0.5) is 5.69 Å². The van der Waals surface area contributed by atoms with Crippen molar-refractivity contribution in [3.63, 3.8) is 0 Å². The first-order valence-corrected chi connectivity index (χ1v) is 9.57. The van der Waals surface area contributed by atoms with E-state index in [-0.39, 0.29) is 5.75 Å². The van der Waals surface area contributed by atoms with E-state index in [0.29, 0.717) is 16.9 Å². The molecule has 2 saturated heterocycles. The average Bonchev–Trinajstić information content (AvgIpc) is 2.54. The van der Waals surface area contributed by atoms with Crippen LogP contribution in [0.5, 0.6) is 0 Å². The maximum atomic E-state index is 12.3. The second-order valence-electron chi connectivity index (χ2n) is 6.07. The Bertz CT molecular complexity index is 600. The first kappa shape index (κ1) is 14.9. The molecule has 2 aliphatic rings. The van der Waals surface area contributed by atoms with Crippen molar-refractivity contribution < 1.29 is 8.42 Å². The molecule has 0 aromatic heterocycles. The van der Waals surface area contributed by atoms with Crippen LogP contribution in [-0.2, 0) is 9.84 Å². The third-order valence-electron chi connectivity index (χ3n) is 4.81. The van der Waals surface area contributed by atoms with Crippen LogP contribution in [0.1, 0.15) is 26.2 Å². The molecule has 116 valence electrons. The summed E-state index contributed by atoms with van der Waals surface area (Å²) in [5, 5.41) is 3.60. The molecule has 5 heteroatoms. The lowest BCUT2D eigenvalue weighted by Gasteiger charge is -2.43. The van der Waals surface area contributed by atoms with Crippen LogP contribution >= 0.6 is 0 Å². The summed E-state index contributed by atoms with van der Waals surface area (Å²) in [6.07, 6.45) is 3.58. The van der Waals surface area contributed by atoms with Crippen LogP contribution in [-0.4, -0.2) is 39.8 Å². The number of benzene rings is 1. The molecule has 0 spiro atoms.